The van der Waals surface area contributed by atoms with E-state index in [9.17, 15) is 9.90 Å². The Labute approximate surface area is 140 Å². The van der Waals surface area contributed by atoms with E-state index in [0.29, 0.717) is 11.1 Å². The number of nitrogens with zero attached hydrogens (tertiary/aromatic N) is 1. The van der Waals surface area contributed by atoms with E-state index in [0.717, 1.165) is 16.3 Å². The second-order valence-electron chi connectivity index (χ2n) is 5.48. The molecule has 0 aliphatic heterocycles. The number of carbonyl (C=O) groups excluding carboxylic acids is 1. The van der Waals surface area contributed by atoms with Crippen molar-refractivity contribution >= 4 is 16.7 Å². The lowest BCUT2D eigenvalue weighted by Crippen LogP contribution is -2.28. The number of amides is 1. The quantitative estimate of drug-likeness (QED) is 0.776. The zero-order valence-corrected chi connectivity index (χ0v) is 12.9. The molecule has 0 saturated carbocycles. The largest absolute Gasteiger partial charge is 0.387 e. The van der Waals surface area contributed by atoms with Gasteiger partial charge in [0.15, 0.2) is 0 Å². The van der Waals surface area contributed by atoms with Gasteiger partial charge in [-0.3, -0.25) is 4.79 Å². The second-order valence-corrected chi connectivity index (χ2v) is 5.48. The molecule has 1 amide bonds. The summed E-state index contributed by atoms with van der Waals surface area (Å²) in [5.74, 6) is -0.279. The Kier molecular flexibility index (Phi) is 4.55. The molecule has 0 spiro atoms. The third kappa shape index (κ3) is 3.27. The third-order valence-electron chi connectivity index (χ3n) is 3.91. The van der Waals surface area contributed by atoms with Gasteiger partial charge in [0.2, 0.25) is 0 Å². The number of nitriles is 1. The molecule has 3 aromatic carbocycles. The lowest BCUT2D eigenvalue weighted by atomic mass is 10.0. The number of hydrogen-bond donors (Lipinski definition) is 2. The minimum absolute atomic E-state index is 0.118. The summed E-state index contributed by atoms with van der Waals surface area (Å²) in [4.78, 5) is 12.1. The van der Waals surface area contributed by atoms with Gasteiger partial charge in [-0.1, -0.05) is 42.5 Å². The number of aliphatic hydroxyl groups is 1. The molecular formula is C20H16N2O2. The van der Waals surface area contributed by atoms with Gasteiger partial charge in [0, 0.05) is 12.1 Å². The SMILES string of the molecule is N#Cc1ccc(C(=O)NCC(O)c2cccc3ccccc23)cc1. The van der Waals surface area contributed by atoms with Crippen LogP contribution in [0.5, 0.6) is 0 Å². The molecule has 0 radical (unpaired) electrons. The van der Waals surface area contributed by atoms with Gasteiger partial charge in [0.1, 0.15) is 0 Å². The van der Waals surface area contributed by atoms with Crippen molar-refractivity contribution in [3.8, 4) is 6.07 Å². The van der Waals surface area contributed by atoms with Crippen molar-refractivity contribution < 1.29 is 9.90 Å². The molecule has 0 heterocycles. The van der Waals surface area contributed by atoms with Crippen LogP contribution < -0.4 is 5.32 Å². The summed E-state index contributed by atoms with van der Waals surface area (Å²) in [7, 11) is 0. The summed E-state index contributed by atoms with van der Waals surface area (Å²) in [6.45, 7) is 0.118. The molecule has 1 atom stereocenters. The molecule has 1 unspecified atom stereocenters. The standard InChI is InChI=1S/C20H16N2O2/c21-12-14-8-10-16(11-9-14)20(24)22-13-19(23)18-7-3-5-15-4-1-2-6-17(15)18/h1-11,19,23H,13H2,(H,22,24). The highest BCUT2D eigenvalue weighted by Crippen LogP contribution is 2.23. The molecule has 0 aliphatic rings. The topological polar surface area (TPSA) is 73.1 Å². The predicted octanol–water partition coefficient (Wildman–Crippen LogP) is 3.17. The van der Waals surface area contributed by atoms with Crippen LogP contribution in [0.25, 0.3) is 10.8 Å². The van der Waals surface area contributed by atoms with Crippen molar-refractivity contribution in [3.05, 3.63) is 83.4 Å². The first-order valence-corrected chi connectivity index (χ1v) is 7.63. The molecule has 3 rings (SSSR count). The number of hydrogen-bond acceptors (Lipinski definition) is 3. The number of carbonyl (C=O) groups is 1. The van der Waals surface area contributed by atoms with Gasteiger partial charge in [-0.2, -0.15) is 5.26 Å². The number of fused-ring (bicyclic) bond motifs is 1. The zero-order chi connectivity index (χ0) is 16.9. The smallest absolute Gasteiger partial charge is 0.251 e. The van der Waals surface area contributed by atoms with Gasteiger partial charge >= 0.3 is 0 Å². The normalized spacial score (nSPS) is 11.7. The monoisotopic (exact) mass is 316 g/mol. The Morgan fingerprint density at radius 1 is 1.04 bits per heavy atom. The van der Waals surface area contributed by atoms with Crippen LogP contribution in [0.2, 0.25) is 0 Å². The highest BCUT2D eigenvalue weighted by molar-refractivity contribution is 5.94. The van der Waals surface area contributed by atoms with Crippen LogP contribution in [0.15, 0.2) is 66.7 Å². The van der Waals surface area contributed by atoms with Gasteiger partial charge in [-0.25, -0.2) is 0 Å². The van der Waals surface area contributed by atoms with E-state index in [2.05, 4.69) is 5.32 Å². The van der Waals surface area contributed by atoms with Crippen LogP contribution in [0, 0.1) is 11.3 Å². The number of nitrogens with one attached hydrogen (secondary N) is 1. The van der Waals surface area contributed by atoms with E-state index in [1.54, 1.807) is 24.3 Å². The summed E-state index contributed by atoms with van der Waals surface area (Å²) < 4.78 is 0. The van der Waals surface area contributed by atoms with E-state index in [1.807, 2.05) is 48.5 Å². The summed E-state index contributed by atoms with van der Waals surface area (Å²) in [5.41, 5.74) is 1.75. The molecule has 0 aromatic heterocycles. The molecule has 0 saturated heterocycles. The van der Waals surface area contributed by atoms with Crippen molar-refractivity contribution in [2.45, 2.75) is 6.10 Å². The van der Waals surface area contributed by atoms with Crippen molar-refractivity contribution in [1.82, 2.24) is 5.32 Å². The highest BCUT2D eigenvalue weighted by Gasteiger charge is 2.13. The van der Waals surface area contributed by atoms with E-state index >= 15 is 0 Å². The first-order valence-electron chi connectivity index (χ1n) is 7.63. The fourth-order valence-corrected chi connectivity index (χ4v) is 2.64. The number of rotatable bonds is 4. The molecule has 4 heteroatoms. The Balaban J connectivity index is 1.71. The summed E-state index contributed by atoms with van der Waals surface area (Å²) >= 11 is 0. The van der Waals surface area contributed by atoms with Gasteiger partial charge < -0.3 is 10.4 Å². The zero-order valence-electron chi connectivity index (χ0n) is 12.9. The van der Waals surface area contributed by atoms with E-state index in [-0.39, 0.29) is 12.5 Å². The maximum Gasteiger partial charge on any atom is 0.251 e. The van der Waals surface area contributed by atoms with Gasteiger partial charge in [-0.15, -0.1) is 0 Å². The molecular weight excluding hydrogens is 300 g/mol. The van der Waals surface area contributed by atoms with Crippen LogP contribution in [0.3, 0.4) is 0 Å². The fourth-order valence-electron chi connectivity index (χ4n) is 2.64. The number of aliphatic hydroxyl groups excluding tert-OH is 1. The molecule has 24 heavy (non-hydrogen) atoms. The molecule has 0 fully saturated rings. The molecule has 3 aromatic rings. The summed E-state index contributed by atoms with van der Waals surface area (Å²) in [6, 6.07) is 21.9. The molecule has 2 N–H and O–H groups in total. The van der Waals surface area contributed by atoms with Crippen molar-refractivity contribution in [3.63, 3.8) is 0 Å². The minimum Gasteiger partial charge on any atom is -0.387 e. The molecule has 0 bridgehead atoms. The first-order chi connectivity index (χ1) is 11.7. The van der Waals surface area contributed by atoms with E-state index in [4.69, 9.17) is 5.26 Å². The van der Waals surface area contributed by atoms with E-state index < -0.39 is 6.10 Å². The maximum absolute atomic E-state index is 12.1. The van der Waals surface area contributed by atoms with Crippen LogP contribution in [-0.2, 0) is 0 Å². The predicted molar refractivity (Wildman–Crippen MR) is 92.4 cm³/mol. The van der Waals surface area contributed by atoms with Crippen LogP contribution in [0.1, 0.15) is 27.6 Å². The maximum atomic E-state index is 12.1. The first kappa shape index (κ1) is 15.7. The Morgan fingerprint density at radius 3 is 2.50 bits per heavy atom. The highest BCUT2D eigenvalue weighted by atomic mass is 16.3. The summed E-state index contributed by atoms with van der Waals surface area (Å²) in [6.07, 6.45) is -0.793. The Bertz CT molecular complexity index is 906. The average Bonchev–Trinajstić information content (AvgIpc) is 2.65. The Morgan fingerprint density at radius 2 is 1.75 bits per heavy atom. The Hall–Kier alpha value is -3.16. The van der Waals surface area contributed by atoms with Crippen LogP contribution in [-0.4, -0.2) is 17.6 Å². The van der Waals surface area contributed by atoms with Crippen LogP contribution in [0.4, 0.5) is 0 Å². The lowest BCUT2D eigenvalue weighted by Gasteiger charge is -2.15. The molecule has 0 aliphatic carbocycles. The van der Waals surface area contributed by atoms with Gasteiger partial charge in [-0.05, 0) is 40.6 Å². The number of benzene rings is 3. The van der Waals surface area contributed by atoms with Crippen molar-refractivity contribution in [1.29, 1.82) is 5.26 Å². The summed E-state index contributed by atoms with van der Waals surface area (Å²) in [5, 5.41) is 24.0. The van der Waals surface area contributed by atoms with Crippen LogP contribution >= 0.6 is 0 Å². The third-order valence-corrected chi connectivity index (χ3v) is 3.91. The van der Waals surface area contributed by atoms with Crippen molar-refractivity contribution in [2.75, 3.05) is 6.54 Å². The lowest BCUT2D eigenvalue weighted by molar-refractivity contribution is 0.0917. The van der Waals surface area contributed by atoms with Crippen molar-refractivity contribution in [2.24, 2.45) is 0 Å². The molecule has 118 valence electrons. The molecule has 4 nitrogen and oxygen atoms in total. The van der Waals surface area contributed by atoms with E-state index in [1.165, 1.54) is 0 Å². The fraction of sp³-hybridized carbons (Fsp3) is 0.100. The second kappa shape index (κ2) is 6.95. The minimum atomic E-state index is -0.793. The average molecular weight is 316 g/mol. The van der Waals surface area contributed by atoms with Gasteiger partial charge in [0.05, 0.1) is 17.7 Å². The van der Waals surface area contributed by atoms with Gasteiger partial charge in [0.25, 0.3) is 5.91 Å².